The molecule has 0 aliphatic heterocycles. The fourth-order valence-electron chi connectivity index (χ4n) is 1.86. The Labute approximate surface area is 111 Å². The highest BCUT2D eigenvalue weighted by molar-refractivity contribution is 9.10. The van der Waals surface area contributed by atoms with Crippen molar-refractivity contribution in [1.82, 2.24) is 4.90 Å². The minimum Gasteiger partial charge on any atom is -0.329 e. The second kappa shape index (κ2) is 7.43. The largest absolute Gasteiger partial charge is 0.329 e. The summed E-state index contributed by atoms with van der Waals surface area (Å²) in [5.74, 6) is 0. The van der Waals surface area contributed by atoms with E-state index in [1.165, 1.54) is 22.2 Å². The van der Waals surface area contributed by atoms with Gasteiger partial charge in [-0.3, -0.25) is 4.90 Å². The van der Waals surface area contributed by atoms with E-state index in [0.29, 0.717) is 12.6 Å². The molecule has 1 heterocycles. The van der Waals surface area contributed by atoms with Crippen molar-refractivity contribution in [1.29, 1.82) is 0 Å². The van der Waals surface area contributed by atoms with Crippen LogP contribution in [-0.2, 0) is 0 Å². The molecule has 1 aromatic rings. The van der Waals surface area contributed by atoms with Crippen molar-refractivity contribution in [2.75, 3.05) is 19.6 Å². The monoisotopic (exact) mass is 304 g/mol. The molecule has 1 rings (SSSR count). The number of rotatable bonds is 7. The van der Waals surface area contributed by atoms with E-state index in [1.807, 2.05) is 0 Å². The summed E-state index contributed by atoms with van der Waals surface area (Å²) in [6.07, 6.45) is 2.48. The molecule has 0 radical (unpaired) electrons. The van der Waals surface area contributed by atoms with Gasteiger partial charge in [-0.05, 0) is 46.9 Å². The van der Waals surface area contributed by atoms with Crippen LogP contribution in [0.2, 0.25) is 0 Å². The molecule has 2 N–H and O–H groups in total. The molecule has 1 atom stereocenters. The van der Waals surface area contributed by atoms with E-state index < -0.39 is 0 Å². The summed E-state index contributed by atoms with van der Waals surface area (Å²) in [4.78, 5) is 3.83. The van der Waals surface area contributed by atoms with Gasteiger partial charge in [-0.2, -0.15) is 0 Å². The SMILES string of the molecule is CCCCN(CC)C(CN)c1sccc1Br. The van der Waals surface area contributed by atoms with E-state index in [2.05, 4.69) is 46.1 Å². The lowest BCUT2D eigenvalue weighted by molar-refractivity contribution is 0.211. The van der Waals surface area contributed by atoms with E-state index in [0.717, 1.165) is 13.1 Å². The van der Waals surface area contributed by atoms with E-state index in [1.54, 1.807) is 11.3 Å². The lowest BCUT2D eigenvalue weighted by Gasteiger charge is -2.29. The second-order valence-electron chi connectivity index (χ2n) is 3.87. The molecule has 0 spiro atoms. The van der Waals surface area contributed by atoms with Crippen LogP contribution in [0, 0.1) is 0 Å². The molecule has 4 heteroatoms. The van der Waals surface area contributed by atoms with Crippen LogP contribution in [0.25, 0.3) is 0 Å². The molecule has 0 bridgehead atoms. The molecular formula is C12H21BrN2S. The van der Waals surface area contributed by atoms with Crippen LogP contribution in [0.15, 0.2) is 15.9 Å². The first-order valence-electron chi connectivity index (χ1n) is 5.91. The molecule has 16 heavy (non-hydrogen) atoms. The Morgan fingerprint density at radius 1 is 1.50 bits per heavy atom. The summed E-state index contributed by atoms with van der Waals surface area (Å²) in [5, 5.41) is 2.12. The number of nitrogens with two attached hydrogens (primary N) is 1. The van der Waals surface area contributed by atoms with Crippen molar-refractivity contribution in [2.45, 2.75) is 32.7 Å². The summed E-state index contributed by atoms with van der Waals surface area (Å²) in [5.41, 5.74) is 5.93. The number of nitrogens with zero attached hydrogens (tertiary/aromatic N) is 1. The van der Waals surface area contributed by atoms with E-state index >= 15 is 0 Å². The smallest absolute Gasteiger partial charge is 0.0575 e. The first-order chi connectivity index (χ1) is 7.74. The van der Waals surface area contributed by atoms with E-state index in [-0.39, 0.29) is 0 Å². The Hall–Kier alpha value is 0.100. The number of hydrogen-bond acceptors (Lipinski definition) is 3. The summed E-state index contributed by atoms with van der Waals surface area (Å²) < 4.78 is 1.20. The third kappa shape index (κ3) is 3.55. The van der Waals surface area contributed by atoms with E-state index in [9.17, 15) is 0 Å². The lowest BCUT2D eigenvalue weighted by atomic mass is 10.2. The fraction of sp³-hybridized carbons (Fsp3) is 0.667. The first-order valence-corrected chi connectivity index (χ1v) is 7.58. The Balaban J connectivity index is 2.75. The van der Waals surface area contributed by atoms with Crippen LogP contribution in [-0.4, -0.2) is 24.5 Å². The zero-order valence-electron chi connectivity index (χ0n) is 10.1. The van der Waals surface area contributed by atoms with Crippen LogP contribution >= 0.6 is 27.3 Å². The normalized spacial score (nSPS) is 13.3. The number of thiophene rings is 1. The van der Waals surface area contributed by atoms with Gasteiger partial charge in [-0.1, -0.05) is 20.3 Å². The van der Waals surface area contributed by atoms with Crippen molar-refractivity contribution >= 4 is 27.3 Å². The number of halogens is 1. The van der Waals surface area contributed by atoms with Gasteiger partial charge in [-0.15, -0.1) is 11.3 Å². The Bertz CT molecular complexity index is 301. The zero-order chi connectivity index (χ0) is 12.0. The van der Waals surface area contributed by atoms with Crippen molar-refractivity contribution < 1.29 is 0 Å². The van der Waals surface area contributed by atoms with Crippen LogP contribution in [0.4, 0.5) is 0 Å². The summed E-state index contributed by atoms with van der Waals surface area (Å²) in [7, 11) is 0. The molecule has 0 saturated carbocycles. The van der Waals surface area contributed by atoms with Gasteiger partial charge < -0.3 is 5.73 Å². The minimum atomic E-state index is 0.367. The molecule has 0 amide bonds. The molecule has 1 aromatic heterocycles. The number of likely N-dealkylation sites (N-methyl/N-ethyl adjacent to an activating group) is 1. The van der Waals surface area contributed by atoms with Gasteiger partial charge in [0.25, 0.3) is 0 Å². The number of hydrogen-bond donors (Lipinski definition) is 1. The maximum absolute atomic E-state index is 5.93. The van der Waals surface area contributed by atoms with Gasteiger partial charge in [0.15, 0.2) is 0 Å². The van der Waals surface area contributed by atoms with Gasteiger partial charge in [0, 0.05) is 15.9 Å². The average Bonchev–Trinajstić information content (AvgIpc) is 2.71. The van der Waals surface area contributed by atoms with Gasteiger partial charge in [-0.25, -0.2) is 0 Å². The maximum Gasteiger partial charge on any atom is 0.0575 e. The standard InChI is InChI=1S/C12H21BrN2S/c1-3-5-7-15(4-2)11(9-14)12-10(13)6-8-16-12/h6,8,11H,3-5,7,9,14H2,1-2H3. The highest BCUT2D eigenvalue weighted by atomic mass is 79.9. The van der Waals surface area contributed by atoms with Gasteiger partial charge >= 0.3 is 0 Å². The maximum atomic E-state index is 5.93. The summed E-state index contributed by atoms with van der Waals surface area (Å²) in [6, 6.07) is 2.47. The van der Waals surface area contributed by atoms with Crippen molar-refractivity contribution in [3.05, 3.63) is 20.8 Å². The lowest BCUT2D eigenvalue weighted by Crippen LogP contribution is -2.34. The zero-order valence-corrected chi connectivity index (χ0v) is 12.5. The molecule has 0 aliphatic rings. The van der Waals surface area contributed by atoms with E-state index in [4.69, 9.17) is 5.73 Å². The molecule has 0 aliphatic carbocycles. The van der Waals surface area contributed by atoms with Crippen molar-refractivity contribution in [2.24, 2.45) is 5.73 Å². The Morgan fingerprint density at radius 2 is 2.25 bits per heavy atom. The Kier molecular flexibility index (Phi) is 6.58. The van der Waals surface area contributed by atoms with Crippen LogP contribution < -0.4 is 5.73 Å². The second-order valence-corrected chi connectivity index (χ2v) is 5.67. The van der Waals surface area contributed by atoms with Crippen molar-refractivity contribution in [3.63, 3.8) is 0 Å². The highest BCUT2D eigenvalue weighted by Gasteiger charge is 2.20. The third-order valence-electron chi connectivity index (χ3n) is 2.82. The average molecular weight is 305 g/mol. The first kappa shape index (κ1) is 14.2. The quantitative estimate of drug-likeness (QED) is 0.833. The third-order valence-corrected chi connectivity index (χ3v) is 4.79. The van der Waals surface area contributed by atoms with Crippen LogP contribution in [0.1, 0.15) is 37.6 Å². The fourth-order valence-corrected chi connectivity index (χ4v) is 3.65. The topological polar surface area (TPSA) is 29.3 Å². The summed E-state index contributed by atoms with van der Waals surface area (Å²) in [6.45, 7) is 7.33. The number of unbranched alkanes of at least 4 members (excludes halogenated alkanes) is 1. The predicted molar refractivity (Wildman–Crippen MR) is 76.0 cm³/mol. The van der Waals surface area contributed by atoms with Crippen LogP contribution in [0.5, 0.6) is 0 Å². The molecule has 0 saturated heterocycles. The van der Waals surface area contributed by atoms with Gasteiger partial charge in [0.1, 0.15) is 0 Å². The molecule has 2 nitrogen and oxygen atoms in total. The predicted octanol–water partition coefficient (Wildman–Crippen LogP) is 3.63. The van der Waals surface area contributed by atoms with Gasteiger partial charge in [0.05, 0.1) is 6.04 Å². The Morgan fingerprint density at radius 3 is 2.69 bits per heavy atom. The van der Waals surface area contributed by atoms with Crippen LogP contribution in [0.3, 0.4) is 0 Å². The summed E-state index contributed by atoms with van der Waals surface area (Å²) >= 11 is 5.39. The molecular weight excluding hydrogens is 284 g/mol. The molecule has 92 valence electrons. The molecule has 0 fully saturated rings. The molecule has 1 unspecified atom stereocenters. The van der Waals surface area contributed by atoms with Gasteiger partial charge in [0.2, 0.25) is 0 Å². The molecule has 0 aromatic carbocycles. The van der Waals surface area contributed by atoms with Crippen molar-refractivity contribution in [3.8, 4) is 0 Å². The highest BCUT2D eigenvalue weighted by Crippen LogP contribution is 2.32. The minimum absolute atomic E-state index is 0.367.